The van der Waals surface area contributed by atoms with Gasteiger partial charge in [-0.1, -0.05) is 0 Å². The van der Waals surface area contributed by atoms with Crippen molar-refractivity contribution in [3.63, 3.8) is 0 Å². The van der Waals surface area contributed by atoms with Gasteiger partial charge in [-0.05, 0) is 43.3 Å². The number of thiophene rings is 1. The smallest absolute Gasteiger partial charge is 0.349 e. The topological polar surface area (TPSA) is 98.5 Å². The number of carbonyl (C=O) groups excluding carboxylic acids is 2. The SMILES string of the molecule is C[C@H](OC(=O)c1cc2cc([N+](=O)[O-])ccc2s1)C(=O)Nc1ccc(F)cc1. The van der Waals surface area contributed by atoms with Crippen LogP contribution in [0.3, 0.4) is 0 Å². The van der Waals surface area contributed by atoms with E-state index in [2.05, 4.69) is 5.32 Å². The van der Waals surface area contributed by atoms with Gasteiger partial charge in [-0.25, -0.2) is 9.18 Å². The van der Waals surface area contributed by atoms with Gasteiger partial charge in [-0.3, -0.25) is 14.9 Å². The Balaban J connectivity index is 1.68. The van der Waals surface area contributed by atoms with Gasteiger partial charge in [0.1, 0.15) is 10.7 Å². The lowest BCUT2D eigenvalue weighted by Crippen LogP contribution is -2.29. The van der Waals surface area contributed by atoms with Crippen LogP contribution in [0.4, 0.5) is 15.8 Å². The fourth-order valence-electron chi connectivity index (χ4n) is 2.29. The first-order valence-corrected chi connectivity index (χ1v) is 8.60. The summed E-state index contributed by atoms with van der Waals surface area (Å²) >= 11 is 1.11. The molecule has 1 heterocycles. The van der Waals surface area contributed by atoms with E-state index < -0.39 is 28.7 Å². The van der Waals surface area contributed by atoms with Gasteiger partial charge < -0.3 is 10.1 Å². The number of hydrogen-bond donors (Lipinski definition) is 1. The van der Waals surface area contributed by atoms with Gasteiger partial charge in [0.15, 0.2) is 6.10 Å². The summed E-state index contributed by atoms with van der Waals surface area (Å²) in [5.74, 6) is -1.70. The molecule has 1 aromatic heterocycles. The minimum Gasteiger partial charge on any atom is -0.448 e. The zero-order valence-electron chi connectivity index (χ0n) is 14.0. The number of rotatable bonds is 5. The molecule has 0 unspecified atom stereocenters. The van der Waals surface area contributed by atoms with E-state index in [-0.39, 0.29) is 10.6 Å². The summed E-state index contributed by atoms with van der Waals surface area (Å²) in [6.07, 6.45) is -1.08. The summed E-state index contributed by atoms with van der Waals surface area (Å²) in [6, 6.07) is 10.9. The van der Waals surface area contributed by atoms with Crippen molar-refractivity contribution in [2.24, 2.45) is 0 Å². The summed E-state index contributed by atoms with van der Waals surface area (Å²) in [5, 5.41) is 13.9. The number of ether oxygens (including phenoxy) is 1. The molecule has 7 nitrogen and oxygen atoms in total. The fourth-order valence-corrected chi connectivity index (χ4v) is 3.22. The summed E-state index contributed by atoms with van der Waals surface area (Å²) in [6.45, 7) is 1.41. The van der Waals surface area contributed by atoms with Gasteiger partial charge >= 0.3 is 5.97 Å². The molecule has 0 radical (unpaired) electrons. The molecule has 0 aliphatic rings. The maximum absolute atomic E-state index is 12.9. The molecule has 27 heavy (non-hydrogen) atoms. The van der Waals surface area contributed by atoms with Crippen molar-refractivity contribution in [1.82, 2.24) is 0 Å². The predicted octanol–water partition coefficient (Wildman–Crippen LogP) is 4.13. The van der Waals surface area contributed by atoms with Crippen molar-refractivity contribution < 1.29 is 23.6 Å². The van der Waals surface area contributed by atoms with Crippen molar-refractivity contribution in [2.75, 3.05) is 5.32 Å². The van der Waals surface area contributed by atoms with Crippen molar-refractivity contribution >= 4 is 44.7 Å². The molecule has 1 amide bonds. The molecule has 0 aliphatic heterocycles. The van der Waals surface area contributed by atoms with E-state index >= 15 is 0 Å². The molecule has 3 aromatic rings. The zero-order chi connectivity index (χ0) is 19.6. The van der Waals surface area contributed by atoms with E-state index in [4.69, 9.17) is 4.74 Å². The number of esters is 1. The van der Waals surface area contributed by atoms with Crippen molar-refractivity contribution in [1.29, 1.82) is 0 Å². The second kappa shape index (κ2) is 7.50. The number of carbonyl (C=O) groups is 2. The van der Waals surface area contributed by atoms with Gasteiger partial charge in [0.2, 0.25) is 0 Å². The van der Waals surface area contributed by atoms with E-state index in [1.807, 2.05) is 0 Å². The Labute approximate surface area is 156 Å². The Hall–Kier alpha value is -3.33. The third kappa shape index (κ3) is 4.26. The second-order valence-electron chi connectivity index (χ2n) is 5.63. The lowest BCUT2D eigenvalue weighted by Gasteiger charge is -2.12. The average Bonchev–Trinajstić information content (AvgIpc) is 3.06. The van der Waals surface area contributed by atoms with Crippen LogP contribution in [-0.4, -0.2) is 22.9 Å². The van der Waals surface area contributed by atoms with Crippen molar-refractivity contribution in [3.05, 3.63) is 69.3 Å². The van der Waals surface area contributed by atoms with Crippen LogP contribution in [0.5, 0.6) is 0 Å². The predicted molar refractivity (Wildman–Crippen MR) is 98.4 cm³/mol. The Bertz CT molecular complexity index is 1030. The summed E-state index contributed by atoms with van der Waals surface area (Å²) in [7, 11) is 0. The van der Waals surface area contributed by atoms with Crippen LogP contribution in [0, 0.1) is 15.9 Å². The highest BCUT2D eigenvalue weighted by atomic mass is 32.1. The fraction of sp³-hybridized carbons (Fsp3) is 0.111. The second-order valence-corrected chi connectivity index (χ2v) is 6.72. The normalized spacial score (nSPS) is 11.8. The molecule has 2 aromatic carbocycles. The molecule has 0 aliphatic carbocycles. The number of non-ortho nitro benzene ring substituents is 1. The molecule has 1 atom stereocenters. The van der Waals surface area contributed by atoms with E-state index in [1.165, 1.54) is 49.4 Å². The Morgan fingerprint density at radius 2 is 1.89 bits per heavy atom. The molecule has 3 rings (SSSR count). The van der Waals surface area contributed by atoms with Crippen LogP contribution in [0.2, 0.25) is 0 Å². The van der Waals surface area contributed by atoms with Crippen LogP contribution in [0.15, 0.2) is 48.5 Å². The van der Waals surface area contributed by atoms with E-state index in [1.54, 1.807) is 6.07 Å². The van der Waals surface area contributed by atoms with Gasteiger partial charge in [0.05, 0.1) is 4.92 Å². The summed E-state index contributed by atoms with van der Waals surface area (Å²) < 4.78 is 18.7. The van der Waals surface area contributed by atoms with Gasteiger partial charge in [-0.15, -0.1) is 11.3 Å². The number of halogens is 1. The Morgan fingerprint density at radius 3 is 2.56 bits per heavy atom. The number of anilines is 1. The molecule has 0 bridgehead atoms. The Kier molecular flexibility index (Phi) is 5.13. The summed E-state index contributed by atoms with van der Waals surface area (Å²) in [4.78, 5) is 34.9. The molecule has 9 heteroatoms. The van der Waals surface area contributed by atoms with Crippen LogP contribution in [-0.2, 0) is 9.53 Å². The van der Waals surface area contributed by atoms with Crippen LogP contribution < -0.4 is 5.32 Å². The van der Waals surface area contributed by atoms with E-state index in [9.17, 15) is 24.1 Å². The van der Waals surface area contributed by atoms with Crippen LogP contribution >= 0.6 is 11.3 Å². The monoisotopic (exact) mass is 388 g/mol. The quantitative estimate of drug-likeness (QED) is 0.402. The van der Waals surface area contributed by atoms with E-state index in [0.29, 0.717) is 15.8 Å². The zero-order valence-corrected chi connectivity index (χ0v) is 14.8. The molecule has 0 fully saturated rings. The minimum atomic E-state index is -1.08. The Morgan fingerprint density at radius 1 is 1.19 bits per heavy atom. The molecular formula is C18H13FN2O5S. The third-order valence-electron chi connectivity index (χ3n) is 3.68. The average molecular weight is 388 g/mol. The first kappa shape index (κ1) is 18.5. The van der Waals surface area contributed by atoms with Gasteiger partial charge in [0.25, 0.3) is 11.6 Å². The number of nitro benzene ring substituents is 1. The largest absolute Gasteiger partial charge is 0.448 e. The van der Waals surface area contributed by atoms with E-state index in [0.717, 1.165) is 11.3 Å². The maximum atomic E-state index is 12.9. The third-order valence-corrected chi connectivity index (χ3v) is 4.77. The van der Waals surface area contributed by atoms with Gasteiger partial charge in [0, 0.05) is 27.9 Å². The molecule has 0 spiro atoms. The summed E-state index contributed by atoms with van der Waals surface area (Å²) in [5.41, 5.74) is 0.297. The highest BCUT2D eigenvalue weighted by Crippen LogP contribution is 2.29. The standard InChI is InChI=1S/C18H13FN2O5S/c1-10(17(22)20-13-4-2-12(19)3-5-13)26-18(23)16-9-11-8-14(21(24)25)6-7-15(11)27-16/h2-10H,1H3,(H,20,22)/t10-/m0/s1. The minimum absolute atomic E-state index is 0.0766. The van der Waals surface area contributed by atoms with Gasteiger partial charge in [-0.2, -0.15) is 0 Å². The van der Waals surface area contributed by atoms with Crippen molar-refractivity contribution in [2.45, 2.75) is 13.0 Å². The number of benzene rings is 2. The molecule has 0 saturated carbocycles. The molecule has 0 saturated heterocycles. The van der Waals surface area contributed by atoms with Crippen molar-refractivity contribution in [3.8, 4) is 0 Å². The number of amides is 1. The van der Waals surface area contributed by atoms with Crippen LogP contribution in [0.1, 0.15) is 16.6 Å². The highest BCUT2D eigenvalue weighted by molar-refractivity contribution is 7.20. The molecule has 138 valence electrons. The highest BCUT2D eigenvalue weighted by Gasteiger charge is 2.21. The number of nitrogens with zero attached hydrogens (tertiary/aromatic N) is 1. The lowest BCUT2D eigenvalue weighted by molar-refractivity contribution is -0.384. The molecule has 1 N–H and O–H groups in total. The lowest BCUT2D eigenvalue weighted by atomic mass is 10.2. The van der Waals surface area contributed by atoms with Crippen LogP contribution in [0.25, 0.3) is 10.1 Å². The maximum Gasteiger partial charge on any atom is 0.349 e. The first-order valence-electron chi connectivity index (χ1n) is 7.79. The number of nitrogens with one attached hydrogen (secondary N) is 1. The number of nitro groups is 1. The number of hydrogen-bond acceptors (Lipinski definition) is 6. The molecular weight excluding hydrogens is 375 g/mol. The first-order chi connectivity index (χ1) is 12.8. The number of fused-ring (bicyclic) bond motifs is 1.